The smallest absolute Gasteiger partial charge is 0.0939 e. The van der Waals surface area contributed by atoms with Crippen molar-refractivity contribution in [2.45, 2.75) is 20.0 Å². The highest BCUT2D eigenvalue weighted by Crippen LogP contribution is 2.21. The molecule has 0 aliphatic rings. The summed E-state index contributed by atoms with van der Waals surface area (Å²) in [5.74, 6) is 0. The number of aromatic nitrogens is 2. The SMILES string of the molecule is Cc1nn(C)c(C(C)O)c1I. The molecule has 0 saturated carbocycles. The van der Waals surface area contributed by atoms with Crippen molar-refractivity contribution in [3.05, 3.63) is 15.0 Å². The number of rotatable bonds is 1. The molecule has 4 heteroatoms. The Morgan fingerprint density at radius 1 is 1.64 bits per heavy atom. The van der Waals surface area contributed by atoms with Gasteiger partial charge in [-0.05, 0) is 36.4 Å². The van der Waals surface area contributed by atoms with Crippen LogP contribution in [0.5, 0.6) is 0 Å². The Morgan fingerprint density at radius 3 is 2.36 bits per heavy atom. The molecule has 1 aromatic rings. The van der Waals surface area contributed by atoms with Crippen molar-refractivity contribution in [1.82, 2.24) is 9.78 Å². The summed E-state index contributed by atoms with van der Waals surface area (Å²) in [5, 5.41) is 13.5. The van der Waals surface area contributed by atoms with Gasteiger partial charge in [-0.1, -0.05) is 0 Å². The third kappa shape index (κ3) is 1.56. The molecule has 1 unspecified atom stereocenters. The van der Waals surface area contributed by atoms with Gasteiger partial charge in [0.15, 0.2) is 0 Å². The number of aliphatic hydroxyl groups is 1. The molecule has 1 atom stereocenters. The molecule has 1 aromatic heterocycles. The second-order valence-electron chi connectivity index (χ2n) is 2.58. The molecule has 1 N–H and O–H groups in total. The standard InChI is InChI=1S/C7H11IN2O/c1-4-6(8)7(5(2)11)10(3)9-4/h5,11H,1-3H3. The molecule has 0 aromatic carbocycles. The minimum absolute atomic E-state index is 0.437. The molecular weight excluding hydrogens is 255 g/mol. The second kappa shape index (κ2) is 3.10. The lowest BCUT2D eigenvalue weighted by molar-refractivity contribution is 0.188. The highest BCUT2D eigenvalue weighted by molar-refractivity contribution is 14.1. The lowest BCUT2D eigenvalue weighted by Gasteiger charge is -2.04. The summed E-state index contributed by atoms with van der Waals surface area (Å²) in [6, 6.07) is 0. The zero-order valence-electron chi connectivity index (χ0n) is 6.80. The first-order valence-electron chi connectivity index (χ1n) is 3.41. The van der Waals surface area contributed by atoms with Gasteiger partial charge in [0, 0.05) is 7.05 Å². The first kappa shape index (κ1) is 8.99. The van der Waals surface area contributed by atoms with Crippen LogP contribution in [0.2, 0.25) is 0 Å². The average Bonchev–Trinajstić information content (AvgIpc) is 2.07. The Balaban J connectivity index is 3.22. The van der Waals surface area contributed by atoms with Crippen molar-refractivity contribution in [3.63, 3.8) is 0 Å². The average molecular weight is 266 g/mol. The van der Waals surface area contributed by atoms with E-state index in [1.54, 1.807) is 11.6 Å². The number of nitrogens with zero attached hydrogens (tertiary/aromatic N) is 2. The van der Waals surface area contributed by atoms with Crippen molar-refractivity contribution in [2.75, 3.05) is 0 Å². The Hall–Kier alpha value is -0.100. The zero-order valence-corrected chi connectivity index (χ0v) is 8.95. The molecule has 0 bridgehead atoms. The molecule has 0 spiro atoms. The number of hydrogen-bond acceptors (Lipinski definition) is 2. The van der Waals surface area contributed by atoms with Gasteiger partial charge in [-0.3, -0.25) is 4.68 Å². The van der Waals surface area contributed by atoms with Crippen LogP contribution in [0.3, 0.4) is 0 Å². The van der Waals surface area contributed by atoms with Gasteiger partial charge in [-0.15, -0.1) is 0 Å². The largest absolute Gasteiger partial charge is 0.387 e. The predicted octanol–water partition coefficient (Wildman–Crippen LogP) is 1.39. The van der Waals surface area contributed by atoms with E-state index in [1.165, 1.54) is 0 Å². The summed E-state index contributed by atoms with van der Waals surface area (Å²) in [7, 11) is 1.84. The molecule has 0 radical (unpaired) electrons. The van der Waals surface area contributed by atoms with Crippen molar-refractivity contribution in [2.24, 2.45) is 7.05 Å². The molecule has 0 amide bonds. The van der Waals surface area contributed by atoms with Gasteiger partial charge >= 0.3 is 0 Å². The Kier molecular flexibility index (Phi) is 2.54. The van der Waals surface area contributed by atoms with Crippen LogP contribution >= 0.6 is 22.6 Å². The van der Waals surface area contributed by atoms with Crippen LogP contribution < -0.4 is 0 Å². The maximum atomic E-state index is 9.33. The van der Waals surface area contributed by atoms with Crippen LogP contribution in [-0.2, 0) is 7.05 Å². The van der Waals surface area contributed by atoms with Crippen LogP contribution in [0.4, 0.5) is 0 Å². The Morgan fingerprint density at radius 2 is 2.18 bits per heavy atom. The van der Waals surface area contributed by atoms with Gasteiger partial charge in [0.05, 0.1) is 21.1 Å². The van der Waals surface area contributed by atoms with E-state index in [4.69, 9.17) is 0 Å². The van der Waals surface area contributed by atoms with Crippen LogP contribution in [-0.4, -0.2) is 14.9 Å². The van der Waals surface area contributed by atoms with Gasteiger partial charge in [-0.25, -0.2) is 0 Å². The number of aliphatic hydroxyl groups excluding tert-OH is 1. The van der Waals surface area contributed by atoms with Crippen molar-refractivity contribution in [1.29, 1.82) is 0 Å². The third-order valence-electron chi connectivity index (χ3n) is 1.59. The maximum Gasteiger partial charge on any atom is 0.0939 e. The quantitative estimate of drug-likeness (QED) is 0.780. The van der Waals surface area contributed by atoms with E-state index in [0.29, 0.717) is 0 Å². The third-order valence-corrected chi connectivity index (χ3v) is 2.92. The molecular formula is C7H11IN2O. The van der Waals surface area contributed by atoms with E-state index in [0.717, 1.165) is 15.0 Å². The summed E-state index contributed by atoms with van der Waals surface area (Å²) in [6.07, 6.45) is -0.437. The lowest BCUT2D eigenvalue weighted by atomic mass is 10.3. The van der Waals surface area contributed by atoms with Crippen LogP contribution in [0, 0.1) is 10.5 Å². The molecule has 0 fully saturated rings. The highest BCUT2D eigenvalue weighted by Gasteiger charge is 2.13. The minimum atomic E-state index is -0.437. The van der Waals surface area contributed by atoms with Gasteiger partial charge in [0.1, 0.15) is 0 Å². The molecule has 0 aliphatic heterocycles. The fourth-order valence-electron chi connectivity index (χ4n) is 1.10. The van der Waals surface area contributed by atoms with Crippen molar-refractivity contribution < 1.29 is 5.11 Å². The second-order valence-corrected chi connectivity index (χ2v) is 3.66. The first-order valence-corrected chi connectivity index (χ1v) is 4.49. The first-order chi connectivity index (χ1) is 5.04. The molecule has 1 heterocycles. The molecule has 0 saturated heterocycles. The molecule has 11 heavy (non-hydrogen) atoms. The minimum Gasteiger partial charge on any atom is -0.387 e. The molecule has 0 aliphatic carbocycles. The van der Waals surface area contributed by atoms with Gasteiger partial charge in [0.25, 0.3) is 0 Å². The van der Waals surface area contributed by atoms with Crippen molar-refractivity contribution in [3.8, 4) is 0 Å². The topological polar surface area (TPSA) is 38.0 Å². The number of halogens is 1. The van der Waals surface area contributed by atoms with Crippen LogP contribution in [0.1, 0.15) is 24.4 Å². The normalized spacial score (nSPS) is 13.5. The van der Waals surface area contributed by atoms with Gasteiger partial charge < -0.3 is 5.11 Å². The number of aryl methyl sites for hydroxylation is 2. The highest BCUT2D eigenvalue weighted by atomic mass is 127. The summed E-state index contributed by atoms with van der Waals surface area (Å²) in [4.78, 5) is 0. The van der Waals surface area contributed by atoms with Gasteiger partial charge in [-0.2, -0.15) is 5.10 Å². The van der Waals surface area contributed by atoms with E-state index in [2.05, 4.69) is 27.7 Å². The monoisotopic (exact) mass is 266 g/mol. The van der Waals surface area contributed by atoms with E-state index in [-0.39, 0.29) is 0 Å². The lowest BCUT2D eigenvalue weighted by Crippen LogP contribution is -2.02. The van der Waals surface area contributed by atoms with E-state index >= 15 is 0 Å². The Labute approximate surface area is 79.6 Å². The predicted molar refractivity (Wildman–Crippen MR) is 51.3 cm³/mol. The van der Waals surface area contributed by atoms with Gasteiger partial charge in [0.2, 0.25) is 0 Å². The number of hydrogen-bond donors (Lipinski definition) is 1. The Bertz CT molecular complexity index is 268. The van der Waals surface area contributed by atoms with E-state index in [9.17, 15) is 5.11 Å². The van der Waals surface area contributed by atoms with Crippen LogP contribution in [0.15, 0.2) is 0 Å². The summed E-state index contributed by atoms with van der Waals surface area (Å²) < 4.78 is 2.78. The molecule has 1 rings (SSSR count). The fraction of sp³-hybridized carbons (Fsp3) is 0.571. The maximum absolute atomic E-state index is 9.33. The zero-order chi connectivity index (χ0) is 8.59. The summed E-state index contributed by atoms with van der Waals surface area (Å²) in [5.41, 5.74) is 1.87. The van der Waals surface area contributed by atoms with Crippen LogP contribution in [0.25, 0.3) is 0 Å². The van der Waals surface area contributed by atoms with E-state index in [1.807, 2.05) is 14.0 Å². The fourth-order valence-corrected chi connectivity index (χ4v) is 2.01. The van der Waals surface area contributed by atoms with Crippen molar-refractivity contribution >= 4 is 22.6 Å². The summed E-state index contributed by atoms with van der Waals surface area (Å²) in [6.45, 7) is 3.69. The molecule has 62 valence electrons. The molecule has 3 nitrogen and oxygen atoms in total. The summed E-state index contributed by atoms with van der Waals surface area (Å²) >= 11 is 2.20. The van der Waals surface area contributed by atoms with E-state index < -0.39 is 6.10 Å².